The lowest BCUT2D eigenvalue weighted by Gasteiger charge is -2.18. The summed E-state index contributed by atoms with van der Waals surface area (Å²) in [6.07, 6.45) is 1.82. The van der Waals surface area contributed by atoms with Gasteiger partial charge in [-0.05, 0) is 24.7 Å². The van der Waals surface area contributed by atoms with Crippen molar-refractivity contribution in [3.8, 4) is 0 Å². The number of hydrogen-bond donors (Lipinski definition) is 1. The molecule has 1 aromatic heterocycles. The number of fused-ring (bicyclic) bond motifs is 1. The molecule has 0 radical (unpaired) electrons. The second-order valence-electron chi connectivity index (χ2n) is 4.33. The van der Waals surface area contributed by atoms with Gasteiger partial charge >= 0.3 is 0 Å². The van der Waals surface area contributed by atoms with Crippen molar-refractivity contribution in [1.29, 1.82) is 0 Å². The molecule has 0 fully saturated rings. The lowest BCUT2D eigenvalue weighted by Crippen LogP contribution is -2.23. The first kappa shape index (κ1) is 13.9. The van der Waals surface area contributed by atoms with E-state index in [2.05, 4.69) is 22.4 Å². The van der Waals surface area contributed by atoms with Crippen molar-refractivity contribution < 1.29 is 9.47 Å². The van der Waals surface area contributed by atoms with Gasteiger partial charge in [-0.15, -0.1) is 0 Å². The van der Waals surface area contributed by atoms with E-state index in [-0.39, 0.29) is 6.04 Å². The molecule has 102 valence electrons. The van der Waals surface area contributed by atoms with Crippen LogP contribution in [0.2, 0.25) is 0 Å². The molecule has 1 aromatic carbocycles. The van der Waals surface area contributed by atoms with Gasteiger partial charge in [-0.1, -0.05) is 18.2 Å². The molecule has 0 amide bonds. The zero-order valence-corrected chi connectivity index (χ0v) is 11.4. The number of methoxy groups -OCH3 is 1. The first-order chi connectivity index (χ1) is 9.36. The Morgan fingerprint density at radius 3 is 2.89 bits per heavy atom. The highest BCUT2D eigenvalue weighted by molar-refractivity contribution is 5.82. The fraction of sp³-hybridized carbons (Fsp3) is 0.400. The quantitative estimate of drug-likeness (QED) is 0.775. The molecule has 0 aliphatic carbocycles. The van der Waals surface area contributed by atoms with E-state index in [9.17, 15) is 0 Å². The summed E-state index contributed by atoms with van der Waals surface area (Å²) in [5.41, 5.74) is 2.22. The summed E-state index contributed by atoms with van der Waals surface area (Å²) in [5.74, 6) is 0. The lowest BCUT2D eigenvalue weighted by atomic mass is 10.0. The highest BCUT2D eigenvalue weighted by Crippen LogP contribution is 2.22. The van der Waals surface area contributed by atoms with E-state index in [4.69, 9.17) is 9.47 Å². The van der Waals surface area contributed by atoms with Gasteiger partial charge in [0.2, 0.25) is 0 Å². The Bertz CT molecular complexity index is 511. The van der Waals surface area contributed by atoms with Crippen LogP contribution in [-0.2, 0) is 9.47 Å². The third-order valence-corrected chi connectivity index (χ3v) is 3.12. The Kier molecular flexibility index (Phi) is 5.27. The molecule has 0 aliphatic rings. The first-order valence-corrected chi connectivity index (χ1v) is 6.44. The molecule has 0 bridgehead atoms. The minimum atomic E-state index is 0.157. The van der Waals surface area contributed by atoms with Crippen molar-refractivity contribution >= 4 is 10.9 Å². The first-order valence-electron chi connectivity index (χ1n) is 6.44. The van der Waals surface area contributed by atoms with Gasteiger partial charge in [0.05, 0.1) is 31.4 Å². The van der Waals surface area contributed by atoms with Crippen molar-refractivity contribution in [3.63, 3.8) is 0 Å². The summed E-state index contributed by atoms with van der Waals surface area (Å²) in [7, 11) is 3.62. The van der Waals surface area contributed by atoms with Crippen molar-refractivity contribution in [1.82, 2.24) is 10.3 Å². The second-order valence-corrected chi connectivity index (χ2v) is 4.33. The molecule has 2 aromatic rings. The number of benzene rings is 1. The van der Waals surface area contributed by atoms with E-state index >= 15 is 0 Å². The van der Waals surface area contributed by atoms with E-state index in [1.807, 2.05) is 31.4 Å². The Labute approximate surface area is 113 Å². The fourth-order valence-corrected chi connectivity index (χ4v) is 2.10. The van der Waals surface area contributed by atoms with Crippen LogP contribution in [0.25, 0.3) is 10.9 Å². The van der Waals surface area contributed by atoms with Crippen LogP contribution in [0.15, 0.2) is 36.5 Å². The Morgan fingerprint density at radius 1 is 1.21 bits per heavy atom. The minimum absolute atomic E-state index is 0.157. The average Bonchev–Trinajstić information content (AvgIpc) is 2.47. The van der Waals surface area contributed by atoms with Crippen molar-refractivity contribution in [3.05, 3.63) is 42.1 Å². The zero-order chi connectivity index (χ0) is 13.5. The summed E-state index contributed by atoms with van der Waals surface area (Å²) in [4.78, 5) is 4.38. The van der Waals surface area contributed by atoms with Crippen molar-refractivity contribution in [2.45, 2.75) is 6.04 Å². The number of likely N-dealkylation sites (N-methyl/N-ethyl adjacent to an activating group) is 1. The molecule has 0 aliphatic heterocycles. The molecular formula is C15H20N2O2. The number of rotatable bonds is 7. The maximum atomic E-state index is 5.62. The van der Waals surface area contributed by atoms with Gasteiger partial charge in [-0.25, -0.2) is 0 Å². The highest BCUT2D eigenvalue weighted by atomic mass is 16.5. The van der Waals surface area contributed by atoms with Crippen LogP contribution in [0, 0.1) is 0 Å². The van der Waals surface area contributed by atoms with Gasteiger partial charge in [0, 0.05) is 18.7 Å². The van der Waals surface area contributed by atoms with Crippen molar-refractivity contribution in [2.24, 2.45) is 0 Å². The van der Waals surface area contributed by atoms with Gasteiger partial charge in [0.25, 0.3) is 0 Å². The largest absolute Gasteiger partial charge is 0.382 e. The Balaban J connectivity index is 2.16. The standard InChI is InChI=1S/C15H20N2O2/c1-16-15(11-19-10-9-18-2)13-5-3-7-14-12(13)6-4-8-17-14/h3-8,15-16H,9-11H2,1-2H3. The van der Waals surface area contributed by atoms with E-state index < -0.39 is 0 Å². The third kappa shape index (κ3) is 3.50. The number of ether oxygens (including phenoxy) is 2. The van der Waals surface area contributed by atoms with E-state index in [0.29, 0.717) is 19.8 Å². The molecule has 4 heteroatoms. The van der Waals surface area contributed by atoms with Gasteiger partial charge < -0.3 is 14.8 Å². The average molecular weight is 260 g/mol. The number of pyridine rings is 1. The number of aromatic nitrogens is 1. The summed E-state index contributed by atoms with van der Waals surface area (Å²) < 4.78 is 10.6. The molecule has 1 N–H and O–H groups in total. The minimum Gasteiger partial charge on any atom is -0.382 e. The third-order valence-electron chi connectivity index (χ3n) is 3.12. The SMILES string of the molecule is CNC(COCCOC)c1cccc2ncccc12. The zero-order valence-electron chi connectivity index (χ0n) is 11.4. The normalized spacial score (nSPS) is 12.7. The van der Waals surface area contributed by atoms with E-state index in [1.165, 1.54) is 10.9 Å². The molecule has 0 spiro atoms. The fourth-order valence-electron chi connectivity index (χ4n) is 2.10. The number of hydrogen-bond acceptors (Lipinski definition) is 4. The van der Waals surface area contributed by atoms with Crippen LogP contribution in [0.3, 0.4) is 0 Å². The molecule has 1 atom stereocenters. The monoisotopic (exact) mass is 260 g/mol. The van der Waals surface area contributed by atoms with E-state index in [1.54, 1.807) is 7.11 Å². The summed E-state index contributed by atoms with van der Waals surface area (Å²) in [6.45, 7) is 1.85. The maximum Gasteiger partial charge on any atom is 0.0705 e. The van der Waals surface area contributed by atoms with Gasteiger partial charge in [-0.2, -0.15) is 0 Å². The molecule has 2 rings (SSSR count). The summed E-state index contributed by atoms with van der Waals surface area (Å²) in [5, 5.41) is 4.46. The topological polar surface area (TPSA) is 43.4 Å². The van der Waals surface area contributed by atoms with Crippen LogP contribution in [0.1, 0.15) is 11.6 Å². The number of nitrogens with zero attached hydrogens (tertiary/aromatic N) is 1. The Morgan fingerprint density at radius 2 is 2.11 bits per heavy atom. The Hall–Kier alpha value is -1.49. The van der Waals surface area contributed by atoms with Gasteiger partial charge in [0.15, 0.2) is 0 Å². The summed E-state index contributed by atoms with van der Waals surface area (Å²) in [6, 6.07) is 10.4. The van der Waals surface area contributed by atoms with Crippen LogP contribution < -0.4 is 5.32 Å². The van der Waals surface area contributed by atoms with Gasteiger partial charge in [0.1, 0.15) is 0 Å². The molecule has 4 nitrogen and oxygen atoms in total. The van der Waals surface area contributed by atoms with E-state index in [0.717, 1.165) is 5.52 Å². The molecule has 0 saturated carbocycles. The van der Waals surface area contributed by atoms with Crippen LogP contribution in [-0.4, -0.2) is 39.0 Å². The number of nitrogens with one attached hydrogen (secondary N) is 1. The lowest BCUT2D eigenvalue weighted by molar-refractivity contribution is 0.0598. The molecule has 19 heavy (non-hydrogen) atoms. The predicted molar refractivity (Wildman–Crippen MR) is 76.2 cm³/mol. The van der Waals surface area contributed by atoms with Gasteiger partial charge in [-0.3, -0.25) is 4.98 Å². The molecule has 1 unspecified atom stereocenters. The predicted octanol–water partition coefficient (Wildman–Crippen LogP) is 2.16. The highest BCUT2D eigenvalue weighted by Gasteiger charge is 2.12. The summed E-state index contributed by atoms with van der Waals surface area (Å²) >= 11 is 0. The van der Waals surface area contributed by atoms with Crippen molar-refractivity contribution in [2.75, 3.05) is 34.0 Å². The maximum absolute atomic E-state index is 5.62. The molecule has 1 heterocycles. The van der Waals surface area contributed by atoms with Crippen LogP contribution in [0.4, 0.5) is 0 Å². The van der Waals surface area contributed by atoms with Crippen LogP contribution in [0.5, 0.6) is 0 Å². The molecule has 0 saturated heterocycles. The van der Waals surface area contributed by atoms with Crippen LogP contribution >= 0.6 is 0 Å². The second kappa shape index (κ2) is 7.19. The molecular weight excluding hydrogens is 240 g/mol. The smallest absolute Gasteiger partial charge is 0.0705 e.